The van der Waals surface area contributed by atoms with Gasteiger partial charge in [-0.05, 0) is 30.0 Å². The van der Waals surface area contributed by atoms with Gasteiger partial charge in [0.2, 0.25) is 0 Å². The first-order valence-corrected chi connectivity index (χ1v) is 8.96. The fourth-order valence-electron chi connectivity index (χ4n) is 3.12. The Morgan fingerprint density at radius 1 is 1.12 bits per heavy atom. The van der Waals surface area contributed by atoms with Crippen LogP contribution >= 0.6 is 0 Å². The van der Waals surface area contributed by atoms with E-state index in [1.54, 1.807) is 0 Å². The van der Waals surface area contributed by atoms with Crippen LogP contribution in [-0.4, -0.2) is 78.6 Å². The highest BCUT2D eigenvalue weighted by molar-refractivity contribution is 5.39. The molecule has 1 unspecified atom stereocenters. The van der Waals surface area contributed by atoms with Crippen molar-refractivity contribution in [2.45, 2.75) is 32.8 Å². The van der Waals surface area contributed by atoms with E-state index in [1.165, 1.54) is 11.1 Å². The number of piperazine rings is 1. The van der Waals surface area contributed by atoms with Crippen LogP contribution in [-0.2, 0) is 0 Å². The van der Waals surface area contributed by atoms with E-state index in [0.717, 1.165) is 38.5 Å². The third-order valence-electron chi connectivity index (χ3n) is 4.57. The van der Waals surface area contributed by atoms with Crippen molar-refractivity contribution in [3.8, 4) is 5.75 Å². The van der Waals surface area contributed by atoms with Crippen LogP contribution in [0.4, 0.5) is 0 Å². The van der Waals surface area contributed by atoms with Crippen molar-refractivity contribution >= 4 is 0 Å². The van der Waals surface area contributed by atoms with Gasteiger partial charge in [-0.1, -0.05) is 26.0 Å². The Morgan fingerprint density at radius 3 is 2.36 bits per heavy atom. The lowest BCUT2D eigenvalue weighted by atomic mass is 10.0. The zero-order valence-corrected chi connectivity index (χ0v) is 16.4. The molecule has 25 heavy (non-hydrogen) atoms. The summed E-state index contributed by atoms with van der Waals surface area (Å²) in [5.41, 5.74) is 2.36. The van der Waals surface area contributed by atoms with Crippen LogP contribution in [0.1, 0.15) is 30.9 Å². The first kappa shape index (κ1) is 22.2. The molecular formula is C19H32ClN2O3-. The van der Waals surface area contributed by atoms with Crippen LogP contribution in [0.5, 0.6) is 5.75 Å². The number of aliphatic hydroxyl groups excluding tert-OH is 2. The highest BCUT2D eigenvalue weighted by atomic mass is 35.5. The van der Waals surface area contributed by atoms with Crippen LogP contribution in [0, 0.1) is 6.92 Å². The predicted molar refractivity (Wildman–Crippen MR) is 96.7 cm³/mol. The number of β-amino-alcohol motifs (C(OH)–C–C–N with tert-alkyl or cyclic N) is 2. The lowest BCUT2D eigenvalue weighted by Gasteiger charge is -2.35. The van der Waals surface area contributed by atoms with Crippen LogP contribution in [0.3, 0.4) is 0 Å². The molecule has 1 aromatic rings. The van der Waals surface area contributed by atoms with E-state index in [0.29, 0.717) is 19.1 Å². The van der Waals surface area contributed by atoms with Crippen molar-refractivity contribution in [3.63, 3.8) is 0 Å². The quantitative estimate of drug-likeness (QED) is 0.581. The molecule has 1 aliphatic rings. The van der Waals surface area contributed by atoms with Crippen LogP contribution < -0.4 is 17.1 Å². The average molecular weight is 372 g/mol. The van der Waals surface area contributed by atoms with E-state index >= 15 is 0 Å². The minimum Gasteiger partial charge on any atom is -1.00 e. The largest absolute Gasteiger partial charge is 1.00 e. The van der Waals surface area contributed by atoms with Gasteiger partial charge in [-0.15, -0.1) is 0 Å². The predicted octanol–water partition coefficient (Wildman–Crippen LogP) is -1.53. The topological polar surface area (TPSA) is 56.2 Å². The third-order valence-corrected chi connectivity index (χ3v) is 4.57. The van der Waals surface area contributed by atoms with Crippen molar-refractivity contribution in [2.75, 3.05) is 52.5 Å². The van der Waals surface area contributed by atoms with E-state index in [9.17, 15) is 5.11 Å². The van der Waals surface area contributed by atoms with Crippen LogP contribution in [0.2, 0.25) is 0 Å². The molecule has 2 N–H and O–H groups in total. The molecular weight excluding hydrogens is 340 g/mol. The number of aliphatic hydroxyl groups is 2. The summed E-state index contributed by atoms with van der Waals surface area (Å²) < 4.78 is 5.92. The Bertz CT molecular complexity index is 505. The molecule has 1 aromatic carbocycles. The Labute approximate surface area is 158 Å². The van der Waals surface area contributed by atoms with Crippen LogP contribution in [0.25, 0.3) is 0 Å². The molecule has 1 saturated heterocycles. The Kier molecular flexibility index (Phi) is 9.75. The molecule has 5 nitrogen and oxygen atoms in total. The van der Waals surface area contributed by atoms with E-state index in [4.69, 9.17) is 9.84 Å². The second-order valence-corrected chi connectivity index (χ2v) is 7.03. The summed E-state index contributed by atoms with van der Waals surface area (Å²) in [6.45, 7) is 12.0. The molecule has 0 aromatic heterocycles. The van der Waals surface area contributed by atoms with E-state index < -0.39 is 6.10 Å². The van der Waals surface area contributed by atoms with Crippen LogP contribution in [0.15, 0.2) is 18.2 Å². The Balaban J connectivity index is 0.00000312. The summed E-state index contributed by atoms with van der Waals surface area (Å²) in [5.74, 6) is 1.29. The number of ether oxygens (including phenoxy) is 1. The van der Waals surface area contributed by atoms with Gasteiger partial charge in [0.25, 0.3) is 0 Å². The number of hydrogen-bond acceptors (Lipinski definition) is 5. The molecule has 0 aliphatic carbocycles. The number of hydrogen-bond donors (Lipinski definition) is 2. The van der Waals surface area contributed by atoms with Gasteiger partial charge in [0.15, 0.2) is 0 Å². The fraction of sp³-hybridized carbons (Fsp3) is 0.684. The molecule has 1 fully saturated rings. The summed E-state index contributed by atoms with van der Waals surface area (Å²) in [5, 5.41) is 19.3. The van der Waals surface area contributed by atoms with E-state index in [-0.39, 0.29) is 19.0 Å². The second kappa shape index (κ2) is 11.0. The molecule has 0 saturated carbocycles. The lowest BCUT2D eigenvalue weighted by Crippen LogP contribution is -3.00. The average Bonchev–Trinajstić information content (AvgIpc) is 2.55. The lowest BCUT2D eigenvalue weighted by molar-refractivity contribution is -0.00000853. The van der Waals surface area contributed by atoms with Crippen molar-refractivity contribution < 1.29 is 27.4 Å². The zero-order valence-electron chi connectivity index (χ0n) is 15.6. The summed E-state index contributed by atoms with van der Waals surface area (Å²) in [6, 6.07) is 6.27. The molecule has 0 amide bonds. The smallest absolute Gasteiger partial charge is 0.123 e. The molecule has 1 heterocycles. The molecule has 1 aliphatic heterocycles. The summed E-state index contributed by atoms with van der Waals surface area (Å²) in [7, 11) is 0. The molecule has 0 bridgehead atoms. The number of halogens is 1. The molecule has 144 valence electrons. The van der Waals surface area contributed by atoms with Gasteiger partial charge < -0.3 is 27.4 Å². The van der Waals surface area contributed by atoms with Gasteiger partial charge in [-0.25, -0.2) is 0 Å². The number of benzene rings is 1. The zero-order chi connectivity index (χ0) is 17.5. The molecule has 0 radical (unpaired) electrons. The van der Waals surface area contributed by atoms with E-state index in [1.807, 2.05) is 0 Å². The molecule has 0 spiro atoms. The van der Waals surface area contributed by atoms with Gasteiger partial charge in [-0.2, -0.15) is 0 Å². The number of aryl methyl sites for hydroxylation is 1. The minimum atomic E-state index is -0.491. The first-order valence-electron chi connectivity index (χ1n) is 8.96. The van der Waals surface area contributed by atoms with Gasteiger partial charge in [0, 0.05) is 39.3 Å². The summed E-state index contributed by atoms with van der Waals surface area (Å²) in [4.78, 5) is 4.52. The third kappa shape index (κ3) is 7.12. The van der Waals surface area contributed by atoms with E-state index in [2.05, 4.69) is 48.8 Å². The SMILES string of the molecule is Cc1ccc(C(C)C)c(OCC(O)CN2CCN(CCO)CC2)c1.[Cl-]. The molecule has 1 atom stereocenters. The fourth-order valence-corrected chi connectivity index (χ4v) is 3.12. The maximum Gasteiger partial charge on any atom is 0.123 e. The second-order valence-electron chi connectivity index (χ2n) is 7.03. The Morgan fingerprint density at radius 2 is 1.76 bits per heavy atom. The highest BCUT2D eigenvalue weighted by Crippen LogP contribution is 2.27. The van der Waals surface area contributed by atoms with Gasteiger partial charge in [0.1, 0.15) is 18.5 Å². The standard InChI is InChI=1S/C19H32N2O3.ClH/c1-15(2)18-5-4-16(3)12-19(18)24-14-17(23)13-21-8-6-20(7-9-21)10-11-22;/h4-5,12,15,17,22-23H,6-11,13-14H2,1-3H3;1H/p-1. The van der Waals surface area contributed by atoms with Gasteiger partial charge >= 0.3 is 0 Å². The normalized spacial score (nSPS) is 17.4. The van der Waals surface area contributed by atoms with Crippen molar-refractivity contribution in [1.29, 1.82) is 0 Å². The number of rotatable bonds is 8. The maximum absolute atomic E-state index is 10.3. The van der Waals surface area contributed by atoms with Gasteiger partial charge in [0.05, 0.1) is 6.61 Å². The van der Waals surface area contributed by atoms with Crippen molar-refractivity contribution in [1.82, 2.24) is 9.80 Å². The summed E-state index contributed by atoms with van der Waals surface area (Å²) in [6.07, 6.45) is -0.491. The van der Waals surface area contributed by atoms with Gasteiger partial charge in [-0.3, -0.25) is 9.80 Å². The Hall–Kier alpha value is -0.850. The highest BCUT2D eigenvalue weighted by Gasteiger charge is 2.19. The van der Waals surface area contributed by atoms with Crippen molar-refractivity contribution in [3.05, 3.63) is 29.3 Å². The maximum atomic E-state index is 10.3. The molecule has 6 heteroatoms. The first-order chi connectivity index (χ1) is 11.5. The minimum absolute atomic E-state index is 0. The molecule has 2 rings (SSSR count). The monoisotopic (exact) mass is 371 g/mol. The van der Waals surface area contributed by atoms with Crippen molar-refractivity contribution in [2.24, 2.45) is 0 Å². The number of nitrogens with zero attached hydrogens (tertiary/aromatic N) is 2. The summed E-state index contributed by atoms with van der Waals surface area (Å²) >= 11 is 0.